The van der Waals surface area contributed by atoms with E-state index in [1.165, 1.54) is 0 Å². The Morgan fingerprint density at radius 3 is 3.00 bits per heavy atom. The fourth-order valence-corrected chi connectivity index (χ4v) is 2.96. The van der Waals surface area contributed by atoms with E-state index in [9.17, 15) is 9.90 Å². The summed E-state index contributed by atoms with van der Waals surface area (Å²) in [4.78, 5) is 14.2. The summed E-state index contributed by atoms with van der Waals surface area (Å²) < 4.78 is 0. The van der Waals surface area contributed by atoms with Crippen molar-refractivity contribution in [3.63, 3.8) is 0 Å². The molecule has 2 atom stereocenters. The molecule has 5 heteroatoms. The van der Waals surface area contributed by atoms with Crippen LogP contribution in [0.15, 0.2) is 0 Å². The molecule has 1 aliphatic carbocycles. The molecule has 0 radical (unpaired) electrons. The second-order valence-electron chi connectivity index (χ2n) is 5.43. The SMILES string of the molecule is O=C(CN1CCCNCC1)NC1CCCC1CO. The molecule has 0 aromatic heterocycles. The minimum Gasteiger partial charge on any atom is -0.396 e. The van der Waals surface area contributed by atoms with Crippen molar-refractivity contribution in [3.05, 3.63) is 0 Å². The van der Waals surface area contributed by atoms with Gasteiger partial charge in [0.05, 0.1) is 6.54 Å². The van der Waals surface area contributed by atoms with Crippen molar-refractivity contribution in [1.29, 1.82) is 0 Å². The van der Waals surface area contributed by atoms with Gasteiger partial charge in [0.25, 0.3) is 0 Å². The molecule has 1 heterocycles. The quantitative estimate of drug-likeness (QED) is 0.637. The molecule has 18 heavy (non-hydrogen) atoms. The molecular weight excluding hydrogens is 230 g/mol. The Morgan fingerprint density at radius 1 is 1.28 bits per heavy atom. The van der Waals surface area contributed by atoms with Crippen LogP contribution in [0.5, 0.6) is 0 Å². The summed E-state index contributed by atoms with van der Waals surface area (Å²) in [6.07, 6.45) is 4.27. The van der Waals surface area contributed by atoms with Gasteiger partial charge in [-0.05, 0) is 32.4 Å². The van der Waals surface area contributed by atoms with Crippen LogP contribution in [0, 0.1) is 5.92 Å². The number of aliphatic hydroxyl groups excluding tert-OH is 1. The van der Waals surface area contributed by atoms with Crippen LogP contribution in [0.1, 0.15) is 25.7 Å². The third kappa shape index (κ3) is 3.93. The molecule has 1 saturated heterocycles. The van der Waals surface area contributed by atoms with Crippen LogP contribution in [-0.4, -0.2) is 61.3 Å². The molecule has 0 spiro atoms. The summed E-state index contributed by atoms with van der Waals surface area (Å²) >= 11 is 0. The maximum Gasteiger partial charge on any atom is 0.234 e. The number of aliphatic hydroxyl groups is 1. The first-order valence-corrected chi connectivity index (χ1v) is 7.13. The van der Waals surface area contributed by atoms with E-state index in [4.69, 9.17) is 0 Å². The smallest absolute Gasteiger partial charge is 0.234 e. The van der Waals surface area contributed by atoms with Gasteiger partial charge >= 0.3 is 0 Å². The Labute approximate surface area is 109 Å². The van der Waals surface area contributed by atoms with E-state index in [0.717, 1.165) is 51.9 Å². The molecule has 1 aliphatic heterocycles. The van der Waals surface area contributed by atoms with Crippen molar-refractivity contribution in [2.45, 2.75) is 31.7 Å². The number of nitrogens with zero attached hydrogens (tertiary/aromatic N) is 1. The Morgan fingerprint density at radius 2 is 2.17 bits per heavy atom. The fraction of sp³-hybridized carbons (Fsp3) is 0.923. The zero-order valence-electron chi connectivity index (χ0n) is 11.0. The predicted molar refractivity (Wildman–Crippen MR) is 70.3 cm³/mol. The minimum absolute atomic E-state index is 0.113. The summed E-state index contributed by atoms with van der Waals surface area (Å²) in [6.45, 7) is 4.65. The third-order valence-electron chi connectivity index (χ3n) is 4.04. The average Bonchev–Trinajstić information content (AvgIpc) is 2.64. The van der Waals surface area contributed by atoms with Crippen LogP contribution < -0.4 is 10.6 Å². The van der Waals surface area contributed by atoms with Gasteiger partial charge in [0.1, 0.15) is 0 Å². The maximum atomic E-state index is 12.0. The summed E-state index contributed by atoms with van der Waals surface area (Å²) in [5.74, 6) is 0.377. The van der Waals surface area contributed by atoms with Crippen molar-refractivity contribution in [1.82, 2.24) is 15.5 Å². The normalized spacial score (nSPS) is 30.1. The lowest BCUT2D eigenvalue weighted by Crippen LogP contribution is -2.44. The first kappa shape index (κ1) is 13.8. The van der Waals surface area contributed by atoms with Crippen LogP contribution in [-0.2, 0) is 4.79 Å². The van der Waals surface area contributed by atoms with Gasteiger partial charge in [-0.2, -0.15) is 0 Å². The highest BCUT2D eigenvalue weighted by atomic mass is 16.3. The third-order valence-corrected chi connectivity index (χ3v) is 4.04. The zero-order chi connectivity index (χ0) is 12.8. The van der Waals surface area contributed by atoms with E-state index in [1.807, 2.05) is 0 Å². The Hall–Kier alpha value is -0.650. The van der Waals surface area contributed by atoms with E-state index in [0.29, 0.717) is 6.54 Å². The number of carbonyl (C=O) groups excluding carboxylic acids is 1. The molecule has 0 aromatic carbocycles. The average molecular weight is 255 g/mol. The molecule has 2 aliphatic rings. The Balaban J connectivity index is 1.73. The van der Waals surface area contributed by atoms with Gasteiger partial charge in [-0.3, -0.25) is 9.69 Å². The summed E-state index contributed by atoms with van der Waals surface area (Å²) in [6, 6.07) is 0.188. The second-order valence-corrected chi connectivity index (χ2v) is 5.43. The van der Waals surface area contributed by atoms with Crippen molar-refractivity contribution < 1.29 is 9.90 Å². The highest BCUT2D eigenvalue weighted by molar-refractivity contribution is 5.78. The number of hydrogen-bond acceptors (Lipinski definition) is 4. The lowest BCUT2D eigenvalue weighted by molar-refractivity contribution is -0.123. The Bertz CT molecular complexity index is 265. The number of rotatable bonds is 4. The zero-order valence-corrected chi connectivity index (χ0v) is 11.0. The van der Waals surface area contributed by atoms with Gasteiger partial charge < -0.3 is 15.7 Å². The molecule has 0 bridgehead atoms. The van der Waals surface area contributed by atoms with E-state index < -0.39 is 0 Å². The second kappa shape index (κ2) is 7.07. The van der Waals surface area contributed by atoms with Gasteiger partial charge in [0.15, 0.2) is 0 Å². The molecule has 1 amide bonds. The molecule has 2 fully saturated rings. The van der Waals surface area contributed by atoms with Gasteiger partial charge in [-0.25, -0.2) is 0 Å². The molecule has 104 valence electrons. The topological polar surface area (TPSA) is 64.6 Å². The first-order chi connectivity index (χ1) is 8.79. The van der Waals surface area contributed by atoms with E-state index >= 15 is 0 Å². The Kier molecular flexibility index (Phi) is 5.41. The van der Waals surface area contributed by atoms with Crippen molar-refractivity contribution in [2.24, 2.45) is 5.92 Å². The van der Waals surface area contributed by atoms with Crippen LogP contribution >= 0.6 is 0 Å². The molecule has 1 saturated carbocycles. The van der Waals surface area contributed by atoms with Crippen molar-refractivity contribution >= 4 is 5.91 Å². The van der Waals surface area contributed by atoms with E-state index in [2.05, 4.69) is 15.5 Å². The van der Waals surface area contributed by atoms with Gasteiger partial charge in [-0.15, -0.1) is 0 Å². The molecule has 2 unspecified atom stereocenters. The van der Waals surface area contributed by atoms with E-state index in [1.54, 1.807) is 0 Å². The van der Waals surface area contributed by atoms with Crippen LogP contribution in [0.3, 0.4) is 0 Å². The molecule has 2 rings (SSSR count). The van der Waals surface area contributed by atoms with Gasteiger partial charge in [0.2, 0.25) is 5.91 Å². The molecular formula is C13H25N3O2. The van der Waals surface area contributed by atoms with Gasteiger partial charge in [0, 0.05) is 31.7 Å². The molecule has 3 N–H and O–H groups in total. The highest BCUT2D eigenvalue weighted by Gasteiger charge is 2.28. The summed E-state index contributed by atoms with van der Waals surface area (Å²) in [5, 5.41) is 15.7. The lowest BCUT2D eigenvalue weighted by atomic mass is 10.1. The van der Waals surface area contributed by atoms with Crippen molar-refractivity contribution in [2.75, 3.05) is 39.3 Å². The number of nitrogens with one attached hydrogen (secondary N) is 2. The van der Waals surface area contributed by atoms with Crippen LogP contribution in [0.25, 0.3) is 0 Å². The predicted octanol–water partition coefficient (Wildman–Crippen LogP) is -0.441. The highest BCUT2D eigenvalue weighted by Crippen LogP contribution is 2.24. The summed E-state index contributed by atoms with van der Waals surface area (Å²) in [7, 11) is 0. The fourth-order valence-electron chi connectivity index (χ4n) is 2.96. The minimum atomic E-state index is 0.113. The monoisotopic (exact) mass is 255 g/mol. The van der Waals surface area contributed by atoms with Crippen LogP contribution in [0.4, 0.5) is 0 Å². The number of carbonyl (C=O) groups is 1. The number of amides is 1. The summed E-state index contributed by atoms with van der Waals surface area (Å²) in [5.41, 5.74) is 0. The van der Waals surface area contributed by atoms with Gasteiger partial charge in [-0.1, -0.05) is 6.42 Å². The molecule has 0 aromatic rings. The first-order valence-electron chi connectivity index (χ1n) is 7.13. The van der Waals surface area contributed by atoms with E-state index in [-0.39, 0.29) is 24.5 Å². The lowest BCUT2D eigenvalue weighted by Gasteiger charge is -2.23. The molecule has 5 nitrogen and oxygen atoms in total. The maximum absolute atomic E-state index is 12.0. The van der Waals surface area contributed by atoms with Crippen molar-refractivity contribution in [3.8, 4) is 0 Å². The van der Waals surface area contributed by atoms with Crippen LogP contribution in [0.2, 0.25) is 0 Å². The largest absolute Gasteiger partial charge is 0.396 e. The standard InChI is InChI=1S/C13H25N3O2/c17-10-11-3-1-4-12(11)15-13(18)9-16-7-2-5-14-6-8-16/h11-12,14,17H,1-10H2,(H,15,18). The number of hydrogen-bond donors (Lipinski definition) is 3.